The summed E-state index contributed by atoms with van der Waals surface area (Å²) in [6.45, 7) is 4.69. The van der Waals surface area contributed by atoms with Crippen molar-refractivity contribution in [3.63, 3.8) is 0 Å². The zero-order valence-electron chi connectivity index (χ0n) is 11.1. The second kappa shape index (κ2) is 6.40. The largest absolute Gasteiger partial charge is 0.580 e. The number of carbonyl (C=O) groups is 2. The molecule has 0 aliphatic rings. The fourth-order valence-electron chi connectivity index (χ4n) is 0.906. The van der Waals surface area contributed by atoms with Crippen LogP contribution in [-0.4, -0.2) is 31.7 Å². The first-order chi connectivity index (χ1) is 8.82. The predicted octanol–water partition coefficient (Wildman–Crippen LogP) is 2.36. The van der Waals surface area contributed by atoms with Gasteiger partial charge in [0.05, 0.1) is 5.41 Å². The van der Waals surface area contributed by atoms with Crippen molar-refractivity contribution in [3.8, 4) is 0 Å². The van der Waals surface area contributed by atoms with Crippen LogP contribution in [-0.2, 0) is 18.9 Å². The van der Waals surface area contributed by atoms with Crippen LogP contribution in [0.5, 0.6) is 0 Å². The van der Waals surface area contributed by atoms with Gasteiger partial charge in [0.2, 0.25) is 0 Å². The Morgan fingerprint density at radius 3 is 1.85 bits per heavy atom. The molecule has 0 aliphatic heterocycles. The summed E-state index contributed by atoms with van der Waals surface area (Å²) in [5.74, 6) is -7.92. The van der Waals surface area contributed by atoms with Gasteiger partial charge in [-0.2, -0.15) is 22.0 Å². The molecule has 0 bridgehead atoms. The van der Waals surface area contributed by atoms with E-state index in [0.717, 1.165) is 0 Å². The zero-order chi connectivity index (χ0) is 16.2. The highest BCUT2D eigenvalue weighted by Gasteiger charge is 2.50. The van der Waals surface area contributed by atoms with Crippen LogP contribution in [0.1, 0.15) is 33.6 Å². The fourth-order valence-corrected chi connectivity index (χ4v) is 0.906. The van der Waals surface area contributed by atoms with E-state index in [9.17, 15) is 31.5 Å². The third-order valence-electron chi connectivity index (χ3n) is 2.54. The van der Waals surface area contributed by atoms with Gasteiger partial charge in [0.1, 0.15) is 6.42 Å². The summed E-state index contributed by atoms with van der Waals surface area (Å²) in [6, 6.07) is 0. The van der Waals surface area contributed by atoms with Crippen molar-refractivity contribution in [3.05, 3.63) is 0 Å². The summed E-state index contributed by atoms with van der Waals surface area (Å²) >= 11 is 0. The maximum absolute atomic E-state index is 12.8. The minimum absolute atomic E-state index is 0.379. The highest BCUT2D eigenvalue weighted by Crippen LogP contribution is 2.32. The molecule has 0 amide bonds. The minimum atomic E-state index is -5.22. The molecule has 0 heterocycles. The average Bonchev–Trinajstić information content (AvgIpc) is 2.25. The van der Waals surface area contributed by atoms with Gasteiger partial charge in [0.25, 0.3) is 5.97 Å². The summed E-state index contributed by atoms with van der Waals surface area (Å²) in [6.07, 6.45) is -7.47. The van der Waals surface area contributed by atoms with Gasteiger partial charge in [0, 0.05) is 0 Å². The highest BCUT2D eigenvalue weighted by molar-refractivity contribution is 6.26. The third-order valence-corrected chi connectivity index (χ3v) is 2.54. The number of alkyl halides is 5. The van der Waals surface area contributed by atoms with Crippen LogP contribution in [0.25, 0.3) is 0 Å². The molecule has 0 spiro atoms. The van der Waals surface area contributed by atoms with Crippen LogP contribution in [0.4, 0.5) is 22.0 Å². The smallest absolute Gasteiger partial charge is 0.501 e. The number of hydrogen-bond donors (Lipinski definition) is 0. The summed E-state index contributed by atoms with van der Waals surface area (Å²) in [5.41, 5.74) is -0.916. The molecule has 0 aromatic carbocycles. The topological polar surface area (TPSA) is 52.6 Å². The molecule has 0 saturated heterocycles. The van der Waals surface area contributed by atoms with Crippen molar-refractivity contribution in [2.24, 2.45) is 5.41 Å². The first-order valence-corrected chi connectivity index (χ1v) is 5.61. The second-order valence-corrected chi connectivity index (χ2v) is 4.72. The van der Waals surface area contributed by atoms with E-state index in [1.807, 2.05) is 0 Å². The van der Waals surface area contributed by atoms with E-state index in [1.165, 1.54) is 13.8 Å². The summed E-state index contributed by atoms with van der Waals surface area (Å²) in [4.78, 5) is 22.2. The molecule has 0 aromatic heterocycles. The number of carbonyl (C=O) groups excluding carboxylic acids is 2. The lowest BCUT2D eigenvalue weighted by Gasteiger charge is -2.21. The molecule has 0 saturated carbocycles. The van der Waals surface area contributed by atoms with Gasteiger partial charge < -0.3 is 9.31 Å². The second-order valence-electron chi connectivity index (χ2n) is 4.72. The SMILES string of the molecule is CCC(C)(C)C(=O)OBOC(=O)C(F)(F)CC(F)(F)F. The fraction of sp³-hybridized carbons (Fsp3) is 0.800. The Hall–Kier alpha value is -1.35. The zero-order valence-corrected chi connectivity index (χ0v) is 11.1. The van der Waals surface area contributed by atoms with Crippen LogP contribution in [0.3, 0.4) is 0 Å². The van der Waals surface area contributed by atoms with Crippen molar-refractivity contribution in [2.75, 3.05) is 0 Å². The van der Waals surface area contributed by atoms with Gasteiger partial charge in [-0.25, -0.2) is 4.79 Å². The summed E-state index contributed by atoms with van der Waals surface area (Å²) in [5, 5.41) is 0. The normalized spacial score (nSPS) is 12.8. The maximum atomic E-state index is 12.8. The molecule has 0 rings (SSSR count). The lowest BCUT2D eigenvalue weighted by atomic mass is 9.90. The van der Waals surface area contributed by atoms with E-state index < -0.39 is 43.6 Å². The molecule has 116 valence electrons. The first kappa shape index (κ1) is 18.7. The van der Waals surface area contributed by atoms with Gasteiger partial charge in [-0.3, -0.25) is 4.79 Å². The van der Waals surface area contributed by atoms with Crippen molar-refractivity contribution >= 4 is 19.6 Å². The van der Waals surface area contributed by atoms with Crippen LogP contribution < -0.4 is 0 Å². The van der Waals surface area contributed by atoms with E-state index >= 15 is 0 Å². The van der Waals surface area contributed by atoms with E-state index in [1.54, 1.807) is 6.92 Å². The van der Waals surface area contributed by atoms with Gasteiger partial charge in [-0.15, -0.1) is 0 Å². The molecule has 20 heavy (non-hydrogen) atoms. The van der Waals surface area contributed by atoms with Crippen molar-refractivity contribution in [2.45, 2.75) is 45.7 Å². The molecule has 0 unspecified atom stereocenters. The van der Waals surface area contributed by atoms with Gasteiger partial charge >= 0.3 is 25.8 Å². The molecule has 0 radical (unpaired) electrons. The molecule has 4 nitrogen and oxygen atoms in total. The minimum Gasteiger partial charge on any atom is -0.501 e. The lowest BCUT2D eigenvalue weighted by molar-refractivity contribution is -0.203. The molecule has 10 heteroatoms. The highest BCUT2D eigenvalue weighted by atomic mass is 19.4. The Balaban J connectivity index is 4.34. The average molecular weight is 304 g/mol. The standard InChI is InChI=1S/C10H14BF5O4/c1-4-8(2,3)6(17)19-11-20-7(18)9(12,13)5-10(14,15)16/h11H,4-5H2,1-3H3. The van der Waals surface area contributed by atoms with Crippen molar-refractivity contribution < 1.29 is 40.8 Å². The Bertz CT molecular complexity index is 367. The predicted molar refractivity (Wildman–Crippen MR) is 59.0 cm³/mol. The third kappa shape index (κ3) is 6.20. The number of halogens is 5. The van der Waals surface area contributed by atoms with Crippen LogP contribution in [0, 0.1) is 5.41 Å². The molecule has 0 atom stereocenters. The molecule has 0 N–H and O–H groups in total. The van der Waals surface area contributed by atoms with Gasteiger partial charge in [0.15, 0.2) is 0 Å². The van der Waals surface area contributed by atoms with E-state index in [4.69, 9.17) is 0 Å². The van der Waals surface area contributed by atoms with Crippen molar-refractivity contribution in [1.29, 1.82) is 0 Å². The monoisotopic (exact) mass is 304 g/mol. The molecule has 0 aromatic rings. The first-order valence-electron chi connectivity index (χ1n) is 5.61. The molecule has 0 aliphatic carbocycles. The number of hydrogen-bond acceptors (Lipinski definition) is 4. The quantitative estimate of drug-likeness (QED) is 0.558. The van der Waals surface area contributed by atoms with Crippen LogP contribution in [0.2, 0.25) is 0 Å². The Labute approximate surface area is 112 Å². The van der Waals surface area contributed by atoms with Gasteiger partial charge in [-0.1, -0.05) is 6.92 Å². The Kier molecular flexibility index (Phi) is 5.97. The summed E-state index contributed by atoms with van der Waals surface area (Å²) in [7, 11) is -1.16. The van der Waals surface area contributed by atoms with E-state index in [-0.39, 0.29) is 0 Å². The molecule has 0 fully saturated rings. The number of rotatable bonds is 6. The van der Waals surface area contributed by atoms with E-state index in [2.05, 4.69) is 9.31 Å². The van der Waals surface area contributed by atoms with Crippen LogP contribution >= 0.6 is 0 Å². The molecular formula is C10H14BF5O4. The van der Waals surface area contributed by atoms with E-state index in [0.29, 0.717) is 6.42 Å². The van der Waals surface area contributed by atoms with Crippen molar-refractivity contribution in [1.82, 2.24) is 0 Å². The Morgan fingerprint density at radius 1 is 1.00 bits per heavy atom. The van der Waals surface area contributed by atoms with Gasteiger partial charge in [-0.05, 0) is 20.3 Å². The lowest BCUT2D eigenvalue weighted by Crippen LogP contribution is -2.37. The summed E-state index contributed by atoms with van der Waals surface area (Å²) < 4.78 is 69.2. The van der Waals surface area contributed by atoms with Crippen LogP contribution in [0.15, 0.2) is 0 Å². The Morgan fingerprint density at radius 2 is 1.45 bits per heavy atom. The maximum Gasteiger partial charge on any atom is 0.580 e. The molecular weight excluding hydrogens is 290 g/mol.